The summed E-state index contributed by atoms with van der Waals surface area (Å²) in [6.07, 6.45) is 56.2. The Labute approximate surface area is 334 Å². The van der Waals surface area contributed by atoms with Gasteiger partial charge in [-0.2, -0.15) is 0 Å². The lowest BCUT2D eigenvalue weighted by Crippen LogP contribution is -2.33. The molecule has 1 rings (SSSR count). The zero-order valence-electron chi connectivity index (χ0n) is 36.4. The van der Waals surface area contributed by atoms with Gasteiger partial charge in [-0.05, 0) is 31.0 Å². The van der Waals surface area contributed by atoms with Gasteiger partial charge >= 0.3 is 0 Å². The first-order valence-corrected chi connectivity index (χ1v) is 24.5. The number of rotatable bonds is 43. The highest BCUT2D eigenvalue weighted by molar-refractivity contribution is 5.94. The van der Waals surface area contributed by atoms with E-state index in [4.69, 9.17) is 0 Å². The number of unbranched alkanes of at least 4 members (excludes halogenated alkanes) is 38. The summed E-state index contributed by atoms with van der Waals surface area (Å²) in [6.45, 7) is 6.43. The van der Waals surface area contributed by atoms with E-state index in [1.807, 2.05) is 24.3 Å². The minimum atomic E-state index is 0.217. The summed E-state index contributed by atoms with van der Waals surface area (Å²) in [5.41, 5.74) is 0.824. The minimum Gasteiger partial charge on any atom is -0.339 e. The molecule has 0 bridgehead atoms. The molecule has 2 heteroatoms. The Hall–Kier alpha value is -1.31. The first kappa shape index (κ1) is 49.7. The fourth-order valence-electron chi connectivity index (χ4n) is 8.14. The highest BCUT2D eigenvalue weighted by atomic mass is 16.2. The van der Waals surface area contributed by atoms with Crippen molar-refractivity contribution in [2.24, 2.45) is 0 Å². The van der Waals surface area contributed by atoms with Crippen LogP contribution in [-0.4, -0.2) is 23.9 Å². The van der Waals surface area contributed by atoms with E-state index in [0.717, 1.165) is 31.5 Å². The van der Waals surface area contributed by atoms with Crippen molar-refractivity contribution >= 4 is 5.91 Å². The van der Waals surface area contributed by atoms with Gasteiger partial charge in [-0.3, -0.25) is 4.79 Å². The SMILES string of the molecule is CCCCCCCCCCCCCCCCCCCCCCN(CCCCCCCCCCCCCCCCCCCCCC)C(=O)c1cc[c]cc1. The normalized spacial score (nSPS) is 11.4. The number of hydrogen-bond acceptors (Lipinski definition) is 1. The molecule has 2 nitrogen and oxygen atoms in total. The molecule has 0 unspecified atom stereocenters. The third-order valence-corrected chi connectivity index (χ3v) is 11.8. The predicted molar refractivity (Wildman–Crippen MR) is 237 cm³/mol. The maximum absolute atomic E-state index is 13.3. The standard InChI is InChI=1S/C51H94NO/c1-3-5-7-9-11-13-15-17-19-21-23-25-27-29-31-33-35-37-39-44-48-52(51(53)50-46-42-41-43-47-50)49-45-40-38-36-34-32-30-28-26-24-22-20-18-16-14-12-10-8-6-4-2/h42-43,46-47H,3-40,44-45,48-49H2,1-2H3. The molecule has 0 aliphatic rings. The van der Waals surface area contributed by atoms with Crippen molar-refractivity contribution in [3.05, 3.63) is 35.9 Å². The monoisotopic (exact) mass is 737 g/mol. The smallest absolute Gasteiger partial charge is 0.253 e. The second kappa shape index (κ2) is 41.8. The third kappa shape index (κ3) is 34.9. The van der Waals surface area contributed by atoms with Crippen LogP contribution in [0, 0.1) is 6.07 Å². The van der Waals surface area contributed by atoms with Crippen molar-refractivity contribution < 1.29 is 4.79 Å². The van der Waals surface area contributed by atoms with Crippen LogP contribution < -0.4 is 0 Å². The fraction of sp³-hybridized carbons (Fsp3) is 0.863. The third-order valence-electron chi connectivity index (χ3n) is 11.8. The summed E-state index contributed by atoms with van der Waals surface area (Å²) in [4.78, 5) is 15.5. The second-order valence-electron chi connectivity index (χ2n) is 17.0. The molecule has 0 saturated carbocycles. The van der Waals surface area contributed by atoms with Crippen molar-refractivity contribution in [3.8, 4) is 0 Å². The Morgan fingerprint density at radius 3 is 0.792 bits per heavy atom. The lowest BCUT2D eigenvalue weighted by Gasteiger charge is -2.23. The van der Waals surface area contributed by atoms with Crippen LogP contribution in [0.4, 0.5) is 0 Å². The summed E-state index contributed by atoms with van der Waals surface area (Å²) >= 11 is 0. The van der Waals surface area contributed by atoms with Crippen LogP contribution in [0.3, 0.4) is 0 Å². The van der Waals surface area contributed by atoms with Gasteiger partial charge in [0.2, 0.25) is 0 Å². The second-order valence-corrected chi connectivity index (χ2v) is 17.0. The molecule has 0 aromatic heterocycles. The van der Waals surface area contributed by atoms with E-state index in [9.17, 15) is 4.79 Å². The maximum Gasteiger partial charge on any atom is 0.253 e. The number of carbonyl (C=O) groups is 1. The molecule has 1 amide bonds. The Morgan fingerprint density at radius 2 is 0.566 bits per heavy atom. The minimum absolute atomic E-state index is 0.217. The number of benzene rings is 1. The molecule has 0 spiro atoms. The van der Waals surface area contributed by atoms with Crippen LogP contribution in [0.15, 0.2) is 24.3 Å². The molecule has 0 heterocycles. The molecular formula is C51H94NO. The molecule has 309 valence electrons. The van der Waals surface area contributed by atoms with Crippen LogP contribution in [0.5, 0.6) is 0 Å². The van der Waals surface area contributed by atoms with Gasteiger partial charge in [0.1, 0.15) is 0 Å². The Morgan fingerprint density at radius 1 is 0.358 bits per heavy atom. The highest BCUT2D eigenvalue weighted by Crippen LogP contribution is 2.18. The topological polar surface area (TPSA) is 20.3 Å². The first-order chi connectivity index (χ1) is 26.3. The van der Waals surface area contributed by atoms with Crippen LogP contribution in [0.25, 0.3) is 0 Å². The van der Waals surface area contributed by atoms with Crippen LogP contribution in [0.2, 0.25) is 0 Å². The van der Waals surface area contributed by atoms with Crippen molar-refractivity contribution in [1.82, 2.24) is 4.90 Å². The predicted octanol–water partition coefficient (Wildman–Crippen LogP) is 17.6. The molecule has 0 fully saturated rings. The molecular weight excluding hydrogens is 643 g/mol. The van der Waals surface area contributed by atoms with E-state index in [1.165, 1.54) is 244 Å². The molecule has 1 radical (unpaired) electrons. The number of amides is 1. The van der Waals surface area contributed by atoms with E-state index >= 15 is 0 Å². The average Bonchev–Trinajstić information content (AvgIpc) is 3.18. The molecule has 1 aromatic carbocycles. The Bertz CT molecular complexity index is 792. The quantitative estimate of drug-likeness (QED) is 0.0611. The van der Waals surface area contributed by atoms with E-state index in [-0.39, 0.29) is 5.91 Å². The number of carbonyl (C=O) groups excluding carboxylic acids is 1. The molecule has 1 aromatic rings. The number of nitrogens with zero attached hydrogens (tertiary/aromatic N) is 1. The molecule has 0 N–H and O–H groups in total. The van der Waals surface area contributed by atoms with E-state index in [1.54, 1.807) is 0 Å². The summed E-state index contributed by atoms with van der Waals surface area (Å²) in [6, 6.07) is 10.7. The van der Waals surface area contributed by atoms with Gasteiger partial charge < -0.3 is 4.90 Å². The zero-order valence-corrected chi connectivity index (χ0v) is 36.4. The number of hydrogen-bond donors (Lipinski definition) is 0. The highest BCUT2D eigenvalue weighted by Gasteiger charge is 2.14. The van der Waals surface area contributed by atoms with Crippen molar-refractivity contribution in [1.29, 1.82) is 0 Å². The summed E-state index contributed by atoms with van der Waals surface area (Å²) in [5, 5.41) is 0. The van der Waals surface area contributed by atoms with E-state index in [2.05, 4.69) is 24.8 Å². The van der Waals surface area contributed by atoms with Crippen molar-refractivity contribution in [2.75, 3.05) is 13.1 Å². The molecule has 0 aliphatic heterocycles. The molecule has 0 saturated heterocycles. The zero-order chi connectivity index (χ0) is 38.0. The van der Waals surface area contributed by atoms with E-state index < -0.39 is 0 Å². The van der Waals surface area contributed by atoms with Crippen LogP contribution in [0.1, 0.15) is 281 Å². The first-order valence-electron chi connectivity index (χ1n) is 24.5. The fourth-order valence-corrected chi connectivity index (χ4v) is 8.14. The molecule has 53 heavy (non-hydrogen) atoms. The lowest BCUT2D eigenvalue weighted by molar-refractivity contribution is 0.0749. The van der Waals surface area contributed by atoms with Gasteiger partial charge in [-0.25, -0.2) is 0 Å². The van der Waals surface area contributed by atoms with Crippen molar-refractivity contribution in [3.63, 3.8) is 0 Å². The molecule has 0 aliphatic carbocycles. The van der Waals surface area contributed by atoms with E-state index in [0.29, 0.717) is 0 Å². The van der Waals surface area contributed by atoms with Gasteiger partial charge in [-0.15, -0.1) is 0 Å². The summed E-state index contributed by atoms with van der Waals surface area (Å²) < 4.78 is 0. The average molecular weight is 737 g/mol. The maximum atomic E-state index is 13.3. The van der Waals surface area contributed by atoms with Gasteiger partial charge in [0, 0.05) is 18.7 Å². The van der Waals surface area contributed by atoms with Gasteiger partial charge in [0.05, 0.1) is 0 Å². The summed E-state index contributed by atoms with van der Waals surface area (Å²) in [7, 11) is 0. The van der Waals surface area contributed by atoms with Crippen LogP contribution >= 0.6 is 0 Å². The summed E-state index contributed by atoms with van der Waals surface area (Å²) in [5.74, 6) is 0.217. The van der Waals surface area contributed by atoms with Crippen LogP contribution in [-0.2, 0) is 0 Å². The Balaban J connectivity index is 1.98. The molecule has 0 atom stereocenters. The largest absolute Gasteiger partial charge is 0.339 e. The van der Waals surface area contributed by atoms with Gasteiger partial charge in [0.25, 0.3) is 5.91 Å². The van der Waals surface area contributed by atoms with Crippen molar-refractivity contribution in [2.45, 2.75) is 271 Å². The van der Waals surface area contributed by atoms with Gasteiger partial charge in [-0.1, -0.05) is 270 Å². The Kier molecular flexibility index (Phi) is 39.2. The lowest BCUT2D eigenvalue weighted by atomic mass is 10.0. The van der Waals surface area contributed by atoms with Gasteiger partial charge in [0.15, 0.2) is 0 Å².